The van der Waals surface area contributed by atoms with E-state index in [1.54, 1.807) is 22.9 Å². The fourth-order valence-corrected chi connectivity index (χ4v) is 2.65. The molecule has 1 aromatic carbocycles. The number of rotatable bonds is 2. The lowest BCUT2D eigenvalue weighted by Gasteiger charge is -2.06. The number of hydrogen-bond donors (Lipinski definition) is 0. The number of halogens is 2. The molecule has 0 N–H and O–H groups in total. The minimum atomic E-state index is -0.917. The van der Waals surface area contributed by atoms with Gasteiger partial charge in [0.2, 0.25) is 5.78 Å². The van der Waals surface area contributed by atoms with Crippen LogP contribution in [0.25, 0.3) is 28.1 Å². The topological polar surface area (TPSA) is 43.1 Å². The van der Waals surface area contributed by atoms with E-state index >= 15 is 0 Å². The summed E-state index contributed by atoms with van der Waals surface area (Å²) in [6.07, 6.45) is 3.52. The van der Waals surface area contributed by atoms with E-state index in [1.165, 1.54) is 0 Å². The molecule has 0 aliphatic carbocycles. The number of benzene rings is 1. The predicted octanol–water partition coefficient (Wildman–Crippen LogP) is 4.35. The number of nitrogens with zero attached hydrogens (tertiary/aromatic N) is 4. The average molecular weight is 324 g/mol. The van der Waals surface area contributed by atoms with Gasteiger partial charge >= 0.3 is 0 Å². The Balaban J connectivity index is 1.84. The van der Waals surface area contributed by atoms with E-state index < -0.39 is 11.6 Å². The molecule has 0 fully saturated rings. The van der Waals surface area contributed by atoms with E-state index in [-0.39, 0.29) is 0 Å². The Kier molecular flexibility index (Phi) is 3.26. The van der Waals surface area contributed by atoms with Gasteiger partial charge < -0.3 is 0 Å². The van der Waals surface area contributed by atoms with Crippen LogP contribution in [0.5, 0.6) is 0 Å². The zero-order valence-electron chi connectivity index (χ0n) is 13.2. The fourth-order valence-electron chi connectivity index (χ4n) is 2.65. The minimum absolute atomic E-state index is 0.358. The van der Waals surface area contributed by atoms with Crippen LogP contribution >= 0.6 is 0 Å². The van der Waals surface area contributed by atoms with Crippen molar-refractivity contribution in [2.75, 3.05) is 0 Å². The zero-order valence-corrected chi connectivity index (χ0v) is 13.2. The quantitative estimate of drug-likeness (QED) is 0.551. The lowest BCUT2D eigenvalue weighted by Crippen LogP contribution is -1.94. The van der Waals surface area contributed by atoms with Crippen molar-refractivity contribution in [2.45, 2.75) is 19.8 Å². The molecule has 3 aromatic heterocycles. The molecule has 0 bridgehead atoms. The number of imidazole rings is 1. The van der Waals surface area contributed by atoms with Crippen molar-refractivity contribution in [3.05, 3.63) is 60.1 Å². The number of aromatic nitrogens is 4. The second-order valence-corrected chi connectivity index (χ2v) is 5.98. The van der Waals surface area contributed by atoms with Crippen LogP contribution in [-0.2, 0) is 0 Å². The first-order valence-corrected chi connectivity index (χ1v) is 7.63. The van der Waals surface area contributed by atoms with E-state index in [0.717, 1.165) is 23.4 Å². The van der Waals surface area contributed by atoms with Crippen LogP contribution in [0.1, 0.15) is 25.5 Å². The van der Waals surface area contributed by atoms with Gasteiger partial charge in [0, 0.05) is 35.8 Å². The average Bonchev–Trinajstić information content (AvgIpc) is 2.92. The Morgan fingerprint density at radius 3 is 2.50 bits per heavy atom. The van der Waals surface area contributed by atoms with Crippen LogP contribution in [0, 0.1) is 11.6 Å². The van der Waals surface area contributed by atoms with Gasteiger partial charge in [-0.2, -0.15) is 0 Å². The first kappa shape index (κ1) is 14.7. The predicted molar refractivity (Wildman–Crippen MR) is 87.7 cm³/mol. The molecule has 4 aromatic rings. The molecular formula is C18H14F2N4. The number of pyridine rings is 1. The summed E-state index contributed by atoms with van der Waals surface area (Å²) >= 11 is 0. The molecule has 0 saturated heterocycles. The molecule has 0 aliphatic heterocycles. The van der Waals surface area contributed by atoms with E-state index in [9.17, 15) is 8.78 Å². The fraction of sp³-hybridized carbons (Fsp3) is 0.167. The standard InChI is InChI=1S/C18H14F2N4/c1-10(2)14-4-3-11(9-21-14)15-5-6-24-17-8-13(20)12(19)7-16(17)23-18(24)22-15/h3-10H,1-2H3. The molecule has 0 radical (unpaired) electrons. The third-order valence-corrected chi connectivity index (χ3v) is 3.99. The molecule has 6 heteroatoms. The summed E-state index contributed by atoms with van der Waals surface area (Å²) in [7, 11) is 0. The Hall–Kier alpha value is -2.89. The van der Waals surface area contributed by atoms with Crippen LogP contribution in [0.2, 0.25) is 0 Å². The highest BCUT2D eigenvalue weighted by molar-refractivity contribution is 5.80. The van der Waals surface area contributed by atoms with E-state index in [1.807, 2.05) is 12.1 Å². The van der Waals surface area contributed by atoms with Gasteiger partial charge in [0.05, 0.1) is 16.7 Å². The molecule has 0 amide bonds. The highest BCUT2D eigenvalue weighted by Gasteiger charge is 2.12. The third-order valence-electron chi connectivity index (χ3n) is 3.99. The van der Waals surface area contributed by atoms with Gasteiger partial charge in [0.15, 0.2) is 11.6 Å². The molecule has 0 saturated carbocycles. The minimum Gasteiger partial charge on any atom is -0.284 e. The summed E-state index contributed by atoms with van der Waals surface area (Å²) in [5.74, 6) is -1.07. The first-order chi connectivity index (χ1) is 11.5. The van der Waals surface area contributed by atoms with Gasteiger partial charge in [-0.1, -0.05) is 13.8 Å². The monoisotopic (exact) mass is 324 g/mol. The molecule has 24 heavy (non-hydrogen) atoms. The summed E-state index contributed by atoms with van der Waals surface area (Å²) in [6.45, 7) is 4.17. The van der Waals surface area contributed by atoms with E-state index in [2.05, 4.69) is 28.8 Å². The largest absolute Gasteiger partial charge is 0.284 e. The van der Waals surface area contributed by atoms with Crippen molar-refractivity contribution in [2.24, 2.45) is 0 Å². The second kappa shape index (κ2) is 5.33. The lowest BCUT2D eigenvalue weighted by atomic mass is 10.1. The van der Waals surface area contributed by atoms with Crippen LogP contribution in [-0.4, -0.2) is 19.4 Å². The van der Waals surface area contributed by atoms with Crippen molar-refractivity contribution < 1.29 is 8.78 Å². The van der Waals surface area contributed by atoms with Gasteiger partial charge in [-0.3, -0.25) is 9.38 Å². The normalized spacial score (nSPS) is 11.7. The van der Waals surface area contributed by atoms with Crippen molar-refractivity contribution >= 4 is 16.8 Å². The number of fused-ring (bicyclic) bond motifs is 3. The molecule has 4 nitrogen and oxygen atoms in total. The molecule has 0 atom stereocenters. The Bertz CT molecular complexity index is 1050. The van der Waals surface area contributed by atoms with Crippen LogP contribution in [0.15, 0.2) is 42.7 Å². The van der Waals surface area contributed by atoms with Gasteiger partial charge in [0.25, 0.3) is 0 Å². The molecule has 0 aliphatic rings. The molecule has 0 unspecified atom stereocenters. The first-order valence-electron chi connectivity index (χ1n) is 7.63. The van der Waals surface area contributed by atoms with Crippen molar-refractivity contribution in [1.29, 1.82) is 0 Å². The van der Waals surface area contributed by atoms with E-state index in [0.29, 0.717) is 28.4 Å². The molecular weight excluding hydrogens is 310 g/mol. The molecule has 120 valence electrons. The maximum Gasteiger partial charge on any atom is 0.235 e. The van der Waals surface area contributed by atoms with Gasteiger partial charge in [-0.15, -0.1) is 0 Å². The maximum atomic E-state index is 13.5. The van der Waals surface area contributed by atoms with Gasteiger partial charge in [0.1, 0.15) is 0 Å². The second-order valence-electron chi connectivity index (χ2n) is 5.98. The van der Waals surface area contributed by atoms with Crippen molar-refractivity contribution in [3.63, 3.8) is 0 Å². The summed E-state index contributed by atoms with van der Waals surface area (Å²) < 4.78 is 28.5. The summed E-state index contributed by atoms with van der Waals surface area (Å²) in [4.78, 5) is 13.2. The Morgan fingerprint density at radius 1 is 1.00 bits per heavy atom. The SMILES string of the molecule is CC(C)c1ccc(-c2ccn3c(n2)nc2cc(F)c(F)cc23)cn1. The summed E-state index contributed by atoms with van der Waals surface area (Å²) in [5, 5.41) is 0. The van der Waals surface area contributed by atoms with Crippen LogP contribution < -0.4 is 0 Å². The van der Waals surface area contributed by atoms with E-state index in [4.69, 9.17) is 0 Å². The van der Waals surface area contributed by atoms with Crippen molar-refractivity contribution in [1.82, 2.24) is 19.4 Å². The number of hydrogen-bond acceptors (Lipinski definition) is 3. The Labute approximate surface area is 136 Å². The van der Waals surface area contributed by atoms with Crippen molar-refractivity contribution in [3.8, 4) is 11.3 Å². The third kappa shape index (κ3) is 2.31. The molecule has 0 spiro atoms. The van der Waals surface area contributed by atoms with Gasteiger partial charge in [-0.25, -0.2) is 18.7 Å². The zero-order chi connectivity index (χ0) is 16.8. The highest BCUT2D eigenvalue weighted by Crippen LogP contribution is 2.23. The summed E-state index contributed by atoms with van der Waals surface area (Å²) in [5.41, 5.74) is 3.44. The molecule has 4 rings (SSSR count). The Morgan fingerprint density at radius 2 is 1.79 bits per heavy atom. The van der Waals surface area contributed by atoms with Crippen LogP contribution in [0.4, 0.5) is 8.78 Å². The maximum absolute atomic E-state index is 13.5. The summed E-state index contributed by atoms with van der Waals surface area (Å²) in [6, 6.07) is 7.95. The lowest BCUT2D eigenvalue weighted by molar-refractivity contribution is 0.510. The molecule has 3 heterocycles. The van der Waals surface area contributed by atoms with Crippen LogP contribution in [0.3, 0.4) is 0 Å². The smallest absolute Gasteiger partial charge is 0.235 e. The highest BCUT2D eigenvalue weighted by atomic mass is 19.2. The van der Waals surface area contributed by atoms with Gasteiger partial charge in [-0.05, 0) is 24.1 Å².